The summed E-state index contributed by atoms with van der Waals surface area (Å²) in [6.45, 7) is 4.09. The van der Waals surface area contributed by atoms with Gasteiger partial charge in [0.25, 0.3) is 0 Å². The van der Waals surface area contributed by atoms with Gasteiger partial charge in [-0.05, 0) is 20.0 Å². The van der Waals surface area contributed by atoms with Crippen molar-refractivity contribution >= 4 is 5.82 Å². The van der Waals surface area contributed by atoms with E-state index in [9.17, 15) is 0 Å². The lowest BCUT2D eigenvalue weighted by atomic mass is 10.1. The summed E-state index contributed by atoms with van der Waals surface area (Å²) < 4.78 is 5.10. The number of nitrogens with one attached hydrogen (secondary N) is 1. The molecule has 5 heteroatoms. The van der Waals surface area contributed by atoms with Crippen LogP contribution >= 0.6 is 0 Å². The van der Waals surface area contributed by atoms with Crippen molar-refractivity contribution in [3.63, 3.8) is 0 Å². The largest absolute Gasteiger partial charge is 0.395 e. The van der Waals surface area contributed by atoms with Crippen molar-refractivity contribution < 1.29 is 9.84 Å². The monoisotopic (exact) mass is 253 g/mol. The molecule has 1 aromatic heterocycles. The second kappa shape index (κ2) is 8.02. The molecule has 0 aliphatic rings. The van der Waals surface area contributed by atoms with Crippen molar-refractivity contribution in [3.05, 3.63) is 23.9 Å². The summed E-state index contributed by atoms with van der Waals surface area (Å²) in [7, 11) is 3.60. The van der Waals surface area contributed by atoms with Crippen molar-refractivity contribution in [3.8, 4) is 0 Å². The number of hydrogen-bond donors (Lipinski definition) is 2. The predicted molar refractivity (Wildman–Crippen MR) is 72.9 cm³/mol. The fraction of sp³-hybridized carbons (Fsp3) is 0.615. The standard InChI is InChI=1S/C13H23N3O2/c1-11(14-2)12-5-4-6-15-13(12)16(7-9-17)8-10-18-3/h4-6,11,14,17H,7-10H2,1-3H3. The molecular formula is C13H23N3O2. The van der Waals surface area contributed by atoms with Crippen LogP contribution in [0.15, 0.2) is 18.3 Å². The summed E-state index contributed by atoms with van der Waals surface area (Å²) in [5, 5.41) is 12.4. The number of aliphatic hydroxyl groups is 1. The maximum atomic E-state index is 9.16. The Hall–Kier alpha value is -1.17. The van der Waals surface area contributed by atoms with Crippen LogP contribution in [0, 0.1) is 0 Å². The highest BCUT2D eigenvalue weighted by molar-refractivity contribution is 5.48. The first-order valence-electron chi connectivity index (χ1n) is 6.21. The maximum absolute atomic E-state index is 9.16. The van der Waals surface area contributed by atoms with Crippen LogP contribution in [0.3, 0.4) is 0 Å². The van der Waals surface area contributed by atoms with Gasteiger partial charge in [0.05, 0.1) is 13.2 Å². The molecule has 0 radical (unpaired) electrons. The molecule has 1 atom stereocenters. The van der Waals surface area contributed by atoms with Gasteiger partial charge < -0.3 is 20.1 Å². The predicted octanol–water partition coefficient (Wildman–Crippen LogP) is 0.807. The van der Waals surface area contributed by atoms with E-state index in [-0.39, 0.29) is 12.6 Å². The average Bonchev–Trinajstić information content (AvgIpc) is 2.42. The van der Waals surface area contributed by atoms with E-state index in [0.717, 1.165) is 17.9 Å². The van der Waals surface area contributed by atoms with Gasteiger partial charge in [0, 0.05) is 38.0 Å². The summed E-state index contributed by atoms with van der Waals surface area (Å²) in [5.41, 5.74) is 1.13. The normalized spacial score (nSPS) is 12.4. The Morgan fingerprint density at radius 1 is 1.50 bits per heavy atom. The summed E-state index contributed by atoms with van der Waals surface area (Å²) >= 11 is 0. The summed E-state index contributed by atoms with van der Waals surface area (Å²) in [6.07, 6.45) is 1.78. The van der Waals surface area contributed by atoms with Crippen LogP contribution in [0.5, 0.6) is 0 Å². The molecule has 5 nitrogen and oxygen atoms in total. The number of aromatic nitrogens is 1. The second-order valence-electron chi connectivity index (χ2n) is 4.13. The van der Waals surface area contributed by atoms with Crippen molar-refractivity contribution in [2.24, 2.45) is 0 Å². The molecule has 18 heavy (non-hydrogen) atoms. The topological polar surface area (TPSA) is 57.6 Å². The third-order valence-electron chi connectivity index (χ3n) is 2.95. The number of rotatable bonds is 8. The van der Waals surface area contributed by atoms with Gasteiger partial charge in [-0.3, -0.25) is 0 Å². The van der Waals surface area contributed by atoms with Crippen LogP contribution in [-0.2, 0) is 4.74 Å². The van der Waals surface area contributed by atoms with E-state index in [1.165, 1.54) is 0 Å². The van der Waals surface area contributed by atoms with Crippen molar-refractivity contribution in [1.29, 1.82) is 0 Å². The third kappa shape index (κ3) is 3.94. The fourth-order valence-corrected chi connectivity index (χ4v) is 1.81. The first-order chi connectivity index (χ1) is 8.74. The molecule has 0 aliphatic heterocycles. The van der Waals surface area contributed by atoms with Gasteiger partial charge in [-0.2, -0.15) is 0 Å². The Balaban J connectivity index is 2.94. The van der Waals surface area contributed by atoms with E-state index < -0.39 is 0 Å². The molecule has 1 heterocycles. The Morgan fingerprint density at radius 3 is 2.89 bits per heavy atom. The summed E-state index contributed by atoms with van der Waals surface area (Å²) in [4.78, 5) is 6.49. The van der Waals surface area contributed by atoms with Gasteiger partial charge in [-0.1, -0.05) is 6.07 Å². The highest BCUT2D eigenvalue weighted by Gasteiger charge is 2.15. The Labute approximate surface area is 109 Å². The lowest BCUT2D eigenvalue weighted by Gasteiger charge is -2.26. The molecule has 0 spiro atoms. The highest BCUT2D eigenvalue weighted by atomic mass is 16.5. The molecule has 2 N–H and O–H groups in total. The van der Waals surface area contributed by atoms with Gasteiger partial charge in [0.15, 0.2) is 0 Å². The highest BCUT2D eigenvalue weighted by Crippen LogP contribution is 2.23. The van der Waals surface area contributed by atoms with E-state index in [2.05, 4.69) is 23.3 Å². The van der Waals surface area contributed by atoms with Gasteiger partial charge in [-0.15, -0.1) is 0 Å². The van der Waals surface area contributed by atoms with Crippen molar-refractivity contribution in [2.75, 3.05) is 45.4 Å². The van der Waals surface area contributed by atoms with Crippen LogP contribution in [0.2, 0.25) is 0 Å². The van der Waals surface area contributed by atoms with E-state index in [1.807, 2.05) is 18.0 Å². The SMILES string of the molecule is CNC(C)c1cccnc1N(CCO)CCOC. The number of nitrogens with zero attached hydrogens (tertiary/aromatic N) is 2. The Kier molecular flexibility index (Phi) is 6.64. The van der Waals surface area contributed by atoms with Crippen LogP contribution in [0.4, 0.5) is 5.82 Å². The molecule has 0 saturated carbocycles. The molecule has 0 aromatic carbocycles. The molecule has 102 valence electrons. The Bertz CT molecular complexity index is 347. The van der Waals surface area contributed by atoms with Crippen LogP contribution < -0.4 is 10.2 Å². The first-order valence-corrected chi connectivity index (χ1v) is 6.21. The minimum Gasteiger partial charge on any atom is -0.395 e. The van der Waals surface area contributed by atoms with E-state index in [4.69, 9.17) is 9.84 Å². The molecule has 0 aliphatic carbocycles. The number of anilines is 1. The zero-order chi connectivity index (χ0) is 13.4. The number of methoxy groups -OCH3 is 1. The molecular weight excluding hydrogens is 230 g/mol. The van der Waals surface area contributed by atoms with Gasteiger partial charge in [0.1, 0.15) is 5.82 Å². The number of pyridine rings is 1. The minimum atomic E-state index is 0.105. The fourth-order valence-electron chi connectivity index (χ4n) is 1.81. The van der Waals surface area contributed by atoms with Crippen LogP contribution in [-0.4, -0.2) is 50.6 Å². The van der Waals surface area contributed by atoms with Gasteiger partial charge in [0.2, 0.25) is 0 Å². The lowest BCUT2D eigenvalue weighted by Crippen LogP contribution is -2.32. The van der Waals surface area contributed by atoms with Crippen molar-refractivity contribution in [2.45, 2.75) is 13.0 Å². The van der Waals surface area contributed by atoms with Gasteiger partial charge >= 0.3 is 0 Å². The molecule has 0 bridgehead atoms. The molecule has 0 amide bonds. The summed E-state index contributed by atoms with van der Waals surface area (Å²) in [6, 6.07) is 4.21. The van der Waals surface area contributed by atoms with Crippen LogP contribution in [0.25, 0.3) is 0 Å². The van der Waals surface area contributed by atoms with Gasteiger partial charge in [-0.25, -0.2) is 4.98 Å². The second-order valence-corrected chi connectivity index (χ2v) is 4.13. The quantitative estimate of drug-likeness (QED) is 0.718. The van der Waals surface area contributed by atoms with Crippen molar-refractivity contribution in [1.82, 2.24) is 10.3 Å². The van der Waals surface area contributed by atoms with E-state index in [1.54, 1.807) is 13.3 Å². The van der Waals surface area contributed by atoms with E-state index in [0.29, 0.717) is 13.2 Å². The summed E-state index contributed by atoms with van der Waals surface area (Å²) in [5.74, 6) is 0.908. The number of hydrogen-bond acceptors (Lipinski definition) is 5. The Morgan fingerprint density at radius 2 is 2.28 bits per heavy atom. The van der Waals surface area contributed by atoms with Crippen LogP contribution in [0.1, 0.15) is 18.5 Å². The molecule has 1 rings (SSSR count). The zero-order valence-electron chi connectivity index (χ0n) is 11.4. The smallest absolute Gasteiger partial charge is 0.133 e. The molecule has 0 fully saturated rings. The minimum absolute atomic E-state index is 0.105. The average molecular weight is 253 g/mol. The lowest BCUT2D eigenvalue weighted by molar-refractivity contribution is 0.202. The number of ether oxygens (including phenoxy) is 1. The molecule has 0 saturated heterocycles. The third-order valence-corrected chi connectivity index (χ3v) is 2.95. The number of aliphatic hydroxyl groups excluding tert-OH is 1. The maximum Gasteiger partial charge on any atom is 0.133 e. The zero-order valence-corrected chi connectivity index (χ0v) is 11.4. The van der Waals surface area contributed by atoms with E-state index >= 15 is 0 Å². The first kappa shape index (κ1) is 14.9. The molecule has 1 unspecified atom stereocenters. The molecule has 1 aromatic rings.